The maximum Gasteiger partial charge on any atom is 0.00219 e. The standard InChI is InChI=1S/C13H28N2/c1-4-5-13(7-14)10-15-8-11(2)6-12(3)9-15/h11-13H,4-10,14H2,1-3H3. The molecule has 0 aromatic rings. The van der Waals surface area contributed by atoms with E-state index in [1.165, 1.54) is 38.9 Å². The van der Waals surface area contributed by atoms with Crippen LogP contribution in [0.4, 0.5) is 0 Å². The minimum Gasteiger partial charge on any atom is -0.330 e. The summed E-state index contributed by atoms with van der Waals surface area (Å²) in [4.78, 5) is 2.63. The summed E-state index contributed by atoms with van der Waals surface area (Å²) in [6.45, 7) is 11.6. The minimum absolute atomic E-state index is 0.715. The van der Waals surface area contributed by atoms with Crippen molar-refractivity contribution in [1.29, 1.82) is 0 Å². The molecule has 0 aromatic heterocycles. The summed E-state index contributed by atoms with van der Waals surface area (Å²) in [5, 5.41) is 0. The van der Waals surface area contributed by atoms with Crippen molar-refractivity contribution in [2.45, 2.75) is 40.0 Å². The van der Waals surface area contributed by atoms with E-state index in [1.807, 2.05) is 0 Å². The molecule has 2 N–H and O–H groups in total. The molecule has 90 valence electrons. The summed E-state index contributed by atoms with van der Waals surface area (Å²) in [5.74, 6) is 2.45. The van der Waals surface area contributed by atoms with Crippen molar-refractivity contribution in [3.05, 3.63) is 0 Å². The fraction of sp³-hybridized carbons (Fsp3) is 1.00. The molecule has 1 rings (SSSR count). The molecule has 1 heterocycles. The second-order valence-corrected chi connectivity index (χ2v) is 5.55. The lowest BCUT2D eigenvalue weighted by atomic mass is 9.91. The summed E-state index contributed by atoms with van der Waals surface area (Å²) < 4.78 is 0. The SMILES string of the molecule is CCCC(CN)CN1CC(C)CC(C)C1. The van der Waals surface area contributed by atoms with Gasteiger partial charge in [0.2, 0.25) is 0 Å². The molecule has 0 amide bonds. The van der Waals surface area contributed by atoms with Gasteiger partial charge in [0.1, 0.15) is 0 Å². The zero-order valence-corrected chi connectivity index (χ0v) is 10.7. The zero-order valence-electron chi connectivity index (χ0n) is 10.7. The maximum absolute atomic E-state index is 5.82. The third-order valence-electron chi connectivity index (χ3n) is 3.49. The van der Waals surface area contributed by atoms with E-state index in [-0.39, 0.29) is 0 Å². The van der Waals surface area contributed by atoms with E-state index >= 15 is 0 Å². The molecule has 0 saturated carbocycles. The van der Waals surface area contributed by atoms with Crippen LogP contribution in [0, 0.1) is 17.8 Å². The van der Waals surface area contributed by atoms with Gasteiger partial charge in [0.05, 0.1) is 0 Å². The van der Waals surface area contributed by atoms with Crippen LogP contribution < -0.4 is 5.73 Å². The van der Waals surface area contributed by atoms with Gasteiger partial charge in [-0.25, -0.2) is 0 Å². The summed E-state index contributed by atoms with van der Waals surface area (Å²) in [6.07, 6.45) is 3.95. The van der Waals surface area contributed by atoms with E-state index in [4.69, 9.17) is 5.73 Å². The Hall–Kier alpha value is -0.0800. The van der Waals surface area contributed by atoms with Crippen LogP contribution in [0.3, 0.4) is 0 Å². The Bertz CT molecular complexity index is 160. The molecule has 2 nitrogen and oxygen atoms in total. The predicted molar refractivity (Wildman–Crippen MR) is 66.8 cm³/mol. The molecule has 2 heteroatoms. The summed E-state index contributed by atoms with van der Waals surface area (Å²) >= 11 is 0. The highest BCUT2D eigenvalue weighted by Crippen LogP contribution is 2.22. The third-order valence-corrected chi connectivity index (χ3v) is 3.49. The molecule has 1 fully saturated rings. The number of hydrogen-bond acceptors (Lipinski definition) is 2. The molecule has 0 bridgehead atoms. The van der Waals surface area contributed by atoms with Gasteiger partial charge in [-0.1, -0.05) is 27.2 Å². The normalized spacial score (nSPS) is 30.4. The van der Waals surface area contributed by atoms with Gasteiger partial charge < -0.3 is 10.6 Å². The Kier molecular flexibility index (Phi) is 5.62. The van der Waals surface area contributed by atoms with Gasteiger partial charge in [0.15, 0.2) is 0 Å². The monoisotopic (exact) mass is 212 g/mol. The molecule has 0 aliphatic carbocycles. The zero-order chi connectivity index (χ0) is 11.3. The Morgan fingerprint density at radius 1 is 1.27 bits per heavy atom. The second-order valence-electron chi connectivity index (χ2n) is 5.55. The number of nitrogens with two attached hydrogens (primary N) is 1. The van der Waals surface area contributed by atoms with Gasteiger partial charge >= 0.3 is 0 Å². The van der Waals surface area contributed by atoms with Gasteiger partial charge in [0.25, 0.3) is 0 Å². The first-order valence-electron chi connectivity index (χ1n) is 6.58. The Morgan fingerprint density at radius 2 is 1.87 bits per heavy atom. The lowest BCUT2D eigenvalue weighted by molar-refractivity contribution is 0.121. The minimum atomic E-state index is 0.715. The van der Waals surface area contributed by atoms with E-state index in [0.717, 1.165) is 18.4 Å². The van der Waals surface area contributed by atoms with Crippen molar-refractivity contribution in [2.75, 3.05) is 26.2 Å². The van der Waals surface area contributed by atoms with Crippen LogP contribution in [0.5, 0.6) is 0 Å². The molecule has 0 radical (unpaired) electrons. The van der Waals surface area contributed by atoms with E-state index < -0.39 is 0 Å². The molecule has 0 spiro atoms. The molecular weight excluding hydrogens is 184 g/mol. The largest absolute Gasteiger partial charge is 0.330 e. The van der Waals surface area contributed by atoms with E-state index in [0.29, 0.717) is 5.92 Å². The quantitative estimate of drug-likeness (QED) is 0.758. The number of likely N-dealkylation sites (tertiary alicyclic amines) is 1. The molecule has 3 unspecified atom stereocenters. The van der Waals surface area contributed by atoms with E-state index in [2.05, 4.69) is 25.7 Å². The molecule has 1 aliphatic heterocycles. The highest BCUT2D eigenvalue weighted by atomic mass is 15.1. The van der Waals surface area contributed by atoms with E-state index in [1.54, 1.807) is 0 Å². The van der Waals surface area contributed by atoms with Crippen LogP contribution >= 0.6 is 0 Å². The van der Waals surface area contributed by atoms with Crippen LogP contribution in [0.25, 0.3) is 0 Å². The lowest BCUT2D eigenvalue weighted by Gasteiger charge is -2.36. The van der Waals surface area contributed by atoms with Crippen molar-refractivity contribution in [3.8, 4) is 0 Å². The van der Waals surface area contributed by atoms with Crippen LogP contribution in [-0.4, -0.2) is 31.1 Å². The molecule has 0 aromatic carbocycles. The van der Waals surface area contributed by atoms with Crippen LogP contribution in [-0.2, 0) is 0 Å². The first kappa shape index (κ1) is 13.0. The van der Waals surface area contributed by atoms with Gasteiger partial charge in [-0.3, -0.25) is 0 Å². The van der Waals surface area contributed by atoms with Crippen molar-refractivity contribution in [2.24, 2.45) is 23.5 Å². The fourth-order valence-electron chi connectivity index (χ4n) is 3.00. The highest BCUT2D eigenvalue weighted by molar-refractivity contribution is 4.77. The Morgan fingerprint density at radius 3 is 2.33 bits per heavy atom. The first-order chi connectivity index (χ1) is 7.15. The average Bonchev–Trinajstić information content (AvgIpc) is 2.15. The smallest absolute Gasteiger partial charge is 0.00219 e. The van der Waals surface area contributed by atoms with Gasteiger partial charge in [0, 0.05) is 19.6 Å². The summed E-state index contributed by atoms with van der Waals surface area (Å²) in [7, 11) is 0. The van der Waals surface area contributed by atoms with Crippen molar-refractivity contribution in [1.82, 2.24) is 4.90 Å². The van der Waals surface area contributed by atoms with Crippen molar-refractivity contribution in [3.63, 3.8) is 0 Å². The number of hydrogen-bond donors (Lipinski definition) is 1. The number of nitrogens with zero attached hydrogens (tertiary/aromatic N) is 1. The van der Waals surface area contributed by atoms with Gasteiger partial charge in [-0.15, -0.1) is 0 Å². The fourth-order valence-corrected chi connectivity index (χ4v) is 3.00. The molecule has 3 atom stereocenters. The van der Waals surface area contributed by atoms with Crippen LogP contribution in [0.2, 0.25) is 0 Å². The third kappa shape index (κ3) is 4.52. The maximum atomic E-state index is 5.82. The molecule has 1 saturated heterocycles. The van der Waals surface area contributed by atoms with Crippen molar-refractivity contribution >= 4 is 0 Å². The summed E-state index contributed by atoms with van der Waals surface area (Å²) in [5.41, 5.74) is 5.82. The second kappa shape index (κ2) is 6.49. The Balaban J connectivity index is 2.35. The van der Waals surface area contributed by atoms with E-state index in [9.17, 15) is 0 Å². The number of piperidine rings is 1. The molecule has 1 aliphatic rings. The first-order valence-corrected chi connectivity index (χ1v) is 6.58. The van der Waals surface area contributed by atoms with Crippen LogP contribution in [0.15, 0.2) is 0 Å². The molecular formula is C13H28N2. The molecule has 15 heavy (non-hydrogen) atoms. The lowest BCUT2D eigenvalue weighted by Crippen LogP contribution is -2.42. The predicted octanol–water partition coefficient (Wildman–Crippen LogP) is 2.34. The van der Waals surface area contributed by atoms with Gasteiger partial charge in [-0.05, 0) is 37.1 Å². The number of rotatable bonds is 5. The highest BCUT2D eigenvalue weighted by Gasteiger charge is 2.23. The topological polar surface area (TPSA) is 29.3 Å². The van der Waals surface area contributed by atoms with Gasteiger partial charge in [-0.2, -0.15) is 0 Å². The van der Waals surface area contributed by atoms with Crippen LogP contribution in [0.1, 0.15) is 40.0 Å². The summed E-state index contributed by atoms with van der Waals surface area (Å²) in [6, 6.07) is 0. The average molecular weight is 212 g/mol. The van der Waals surface area contributed by atoms with Crippen molar-refractivity contribution < 1.29 is 0 Å². The Labute approximate surface area is 95.2 Å².